The second-order valence-corrected chi connectivity index (χ2v) is 7.21. The molecule has 0 aliphatic carbocycles. The average molecular weight is 352 g/mol. The number of hydrogen-bond acceptors (Lipinski definition) is 3. The number of nitrogens with one attached hydrogen (secondary N) is 1. The molecule has 136 valence electrons. The zero-order chi connectivity index (χ0) is 18.9. The number of ether oxygens (including phenoxy) is 1. The van der Waals surface area contributed by atoms with Crippen LogP contribution >= 0.6 is 0 Å². The molecule has 2 amide bonds. The van der Waals surface area contributed by atoms with E-state index in [1.165, 1.54) is 0 Å². The number of carbonyl (C=O) groups excluding carboxylic acids is 2. The van der Waals surface area contributed by atoms with E-state index in [9.17, 15) is 9.59 Å². The summed E-state index contributed by atoms with van der Waals surface area (Å²) in [4.78, 5) is 26.8. The molecule has 1 heterocycles. The van der Waals surface area contributed by atoms with Crippen LogP contribution in [0.1, 0.15) is 31.4 Å². The highest BCUT2D eigenvalue weighted by atomic mass is 16.5. The first-order valence-corrected chi connectivity index (χ1v) is 8.74. The van der Waals surface area contributed by atoms with Gasteiger partial charge in [0.1, 0.15) is 5.75 Å². The van der Waals surface area contributed by atoms with E-state index in [1.807, 2.05) is 50.2 Å². The summed E-state index contributed by atoms with van der Waals surface area (Å²) in [5, 5.41) is 2.91. The smallest absolute Gasteiger partial charge is 0.270 e. The lowest BCUT2D eigenvalue weighted by molar-refractivity contribution is -0.132. The quantitative estimate of drug-likeness (QED) is 0.910. The minimum Gasteiger partial charge on any atom is -0.476 e. The summed E-state index contributed by atoms with van der Waals surface area (Å²) < 4.78 is 5.80. The molecule has 2 aromatic carbocycles. The van der Waals surface area contributed by atoms with Crippen molar-refractivity contribution < 1.29 is 14.3 Å². The van der Waals surface area contributed by atoms with Crippen molar-refractivity contribution in [2.75, 3.05) is 16.8 Å². The van der Waals surface area contributed by atoms with Gasteiger partial charge in [-0.1, -0.05) is 18.2 Å². The van der Waals surface area contributed by atoms with Crippen molar-refractivity contribution in [1.82, 2.24) is 0 Å². The van der Waals surface area contributed by atoms with Crippen molar-refractivity contribution in [3.63, 3.8) is 0 Å². The first kappa shape index (κ1) is 18.0. The van der Waals surface area contributed by atoms with Gasteiger partial charge in [-0.15, -0.1) is 0 Å². The number of anilines is 2. The molecule has 0 atom stereocenters. The van der Waals surface area contributed by atoms with Crippen molar-refractivity contribution >= 4 is 23.2 Å². The van der Waals surface area contributed by atoms with Gasteiger partial charge in [-0.25, -0.2) is 0 Å². The maximum absolute atomic E-state index is 12.7. The molecular weight excluding hydrogens is 328 g/mol. The number of benzene rings is 2. The van der Waals surface area contributed by atoms with Crippen LogP contribution in [-0.2, 0) is 9.59 Å². The second-order valence-electron chi connectivity index (χ2n) is 7.21. The standard InChI is InChI=1S/C21H24N2O3/c1-14-11-15(2)13-16(12-14)22-19(24)9-10-23-17-7-5-6-8-18(17)26-21(3,4)20(23)25/h5-8,11-13H,9-10H2,1-4H3,(H,22,24). The van der Waals surface area contributed by atoms with E-state index in [1.54, 1.807) is 18.7 Å². The highest BCUT2D eigenvalue weighted by Gasteiger charge is 2.40. The van der Waals surface area contributed by atoms with Gasteiger partial charge < -0.3 is 15.0 Å². The lowest BCUT2D eigenvalue weighted by Gasteiger charge is -2.38. The Kier molecular flexibility index (Phi) is 4.72. The van der Waals surface area contributed by atoms with Gasteiger partial charge in [0, 0.05) is 18.7 Å². The summed E-state index contributed by atoms with van der Waals surface area (Å²) in [6, 6.07) is 13.3. The Bertz CT molecular complexity index is 838. The molecule has 0 bridgehead atoms. The highest BCUT2D eigenvalue weighted by molar-refractivity contribution is 6.03. The first-order chi connectivity index (χ1) is 12.3. The van der Waals surface area contributed by atoms with Gasteiger partial charge in [-0.2, -0.15) is 0 Å². The summed E-state index contributed by atoms with van der Waals surface area (Å²) in [5.74, 6) is 0.395. The molecule has 0 unspecified atom stereocenters. The SMILES string of the molecule is Cc1cc(C)cc(NC(=O)CCN2C(=O)C(C)(C)Oc3ccccc32)c1. The largest absolute Gasteiger partial charge is 0.476 e. The van der Waals surface area contributed by atoms with Crippen LogP contribution in [-0.4, -0.2) is 24.0 Å². The highest BCUT2D eigenvalue weighted by Crippen LogP contribution is 2.37. The minimum atomic E-state index is -0.946. The molecule has 5 heteroatoms. The Balaban J connectivity index is 1.72. The Morgan fingerprint density at radius 3 is 2.46 bits per heavy atom. The molecule has 0 radical (unpaired) electrons. The number of nitrogens with zero attached hydrogens (tertiary/aromatic N) is 1. The zero-order valence-corrected chi connectivity index (χ0v) is 15.6. The van der Waals surface area contributed by atoms with E-state index < -0.39 is 5.60 Å². The van der Waals surface area contributed by atoms with Gasteiger partial charge in [0.05, 0.1) is 5.69 Å². The molecule has 0 fully saturated rings. The summed E-state index contributed by atoms with van der Waals surface area (Å²) in [7, 11) is 0. The fourth-order valence-corrected chi connectivity index (χ4v) is 3.23. The molecule has 0 aromatic heterocycles. The number of aryl methyl sites for hydroxylation is 2. The van der Waals surface area contributed by atoms with Gasteiger partial charge >= 0.3 is 0 Å². The number of para-hydroxylation sites is 2. The fourth-order valence-electron chi connectivity index (χ4n) is 3.23. The Morgan fingerprint density at radius 2 is 1.77 bits per heavy atom. The third-order valence-electron chi connectivity index (χ3n) is 4.35. The Hall–Kier alpha value is -2.82. The van der Waals surface area contributed by atoms with Crippen LogP contribution < -0.4 is 15.0 Å². The molecule has 3 rings (SSSR count). The lowest BCUT2D eigenvalue weighted by Crippen LogP contribution is -2.53. The van der Waals surface area contributed by atoms with E-state index in [4.69, 9.17) is 4.74 Å². The van der Waals surface area contributed by atoms with Crippen LogP contribution in [0.3, 0.4) is 0 Å². The molecule has 1 N–H and O–H groups in total. The molecule has 5 nitrogen and oxygen atoms in total. The van der Waals surface area contributed by atoms with Crippen molar-refractivity contribution in [3.05, 3.63) is 53.6 Å². The summed E-state index contributed by atoms with van der Waals surface area (Å²) in [6.07, 6.45) is 0.211. The minimum absolute atomic E-state index is 0.121. The predicted molar refractivity (Wildman–Crippen MR) is 103 cm³/mol. The van der Waals surface area contributed by atoms with E-state index >= 15 is 0 Å². The molecule has 1 aliphatic rings. The summed E-state index contributed by atoms with van der Waals surface area (Å²) >= 11 is 0. The Morgan fingerprint density at radius 1 is 1.12 bits per heavy atom. The van der Waals surface area contributed by atoms with Crippen molar-refractivity contribution in [1.29, 1.82) is 0 Å². The van der Waals surface area contributed by atoms with Gasteiger partial charge in [0.2, 0.25) is 5.91 Å². The maximum Gasteiger partial charge on any atom is 0.270 e. The third kappa shape index (κ3) is 3.72. The van der Waals surface area contributed by atoms with Gasteiger partial charge in [-0.05, 0) is 63.1 Å². The molecule has 2 aromatic rings. The number of rotatable bonds is 4. The van der Waals surface area contributed by atoms with Crippen LogP contribution in [0.15, 0.2) is 42.5 Å². The van der Waals surface area contributed by atoms with Crippen molar-refractivity contribution in [2.24, 2.45) is 0 Å². The van der Waals surface area contributed by atoms with Gasteiger partial charge in [-0.3, -0.25) is 9.59 Å². The lowest BCUT2D eigenvalue weighted by atomic mass is 10.0. The second kappa shape index (κ2) is 6.83. The molecule has 26 heavy (non-hydrogen) atoms. The number of fused-ring (bicyclic) bond motifs is 1. The molecule has 0 spiro atoms. The zero-order valence-electron chi connectivity index (χ0n) is 15.6. The van der Waals surface area contributed by atoms with Crippen LogP contribution in [0.2, 0.25) is 0 Å². The third-order valence-corrected chi connectivity index (χ3v) is 4.35. The predicted octanol–water partition coefficient (Wildman–Crippen LogP) is 3.84. The fraction of sp³-hybridized carbons (Fsp3) is 0.333. The van der Waals surface area contributed by atoms with Crippen LogP contribution in [0.25, 0.3) is 0 Å². The van der Waals surface area contributed by atoms with Crippen LogP contribution in [0.4, 0.5) is 11.4 Å². The number of amides is 2. The van der Waals surface area contributed by atoms with Crippen molar-refractivity contribution in [3.8, 4) is 5.75 Å². The van der Waals surface area contributed by atoms with Crippen LogP contribution in [0.5, 0.6) is 5.75 Å². The molecule has 1 aliphatic heterocycles. The van der Waals surface area contributed by atoms with E-state index in [0.717, 1.165) is 16.8 Å². The average Bonchev–Trinajstić information content (AvgIpc) is 2.54. The molecule has 0 saturated heterocycles. The van der Waals surface area contributed by atoms with E-state index in [-0.39, 0.29) is 18.2 Å². The monoisotopic (exact) mass is 352 g/mol. The normalized spacial score (nSPS) is 15.2. The first-order valence-electron chi connectivity index (χ1n) is 8.74. The summed E-state index contributed by atoms with van der Waals surface area (Å²) in [5.41, 5.74) is 2.73. The molecule has 0 saturated carbocycles. The number of carbonyl (C=O) groups is 2. The molecular formula is C21H24N2O3. The maximum atomic E-state index is 12.7. The Labute approximate surface area is 154 Å². The van der Waals surface area contributed by atoms with Crippen LogP contribution in [0, 0.1) is 13.8 Å². The van der Waals surface area contributed by atoms with E-state index in [2.05, 4.69) is 11.4 Å². The van der Waals surface area contributed by atoms with E-state index in [0.29, 0.717) is 18.0 Å². The van der Waals surface area contributed by atoms with Gasteiger partial charge in [0.25, 0.3) is 5.91 Å². The van der Waals surface area contributed by atoms with Crippen molar-refractivity contribution in [2.45, 2.75) is 39.7 Å². The topological polar surface area (TPSA) is 58.6 Å². The van der Waals surface area contributed by atoms with Gasteiger partial charge in [0.15, 0.2) is 5.60 Å². The summed E-state index contributed by atoms with van der Waals surface area (Å²) in [6.45, 7) is 7.78. The number of hydrogen-bond donors (Lipinski definition) is 1.